The number of aliphatic carboxylic acids is 3. The van der Waals surface area contributed by atoms with Crippen molar-refractivity contribution >= 4 is 17.9 Å². The zero-order valence-electron chi connectivity index (χ0n) is 17.5. The van der Waals surface area contributed by atoms with Gasteiger partial charge in [-0.25, -0.2) is 0 Å². The van der Waals surface area contributed by atoms with Crippen molar-refractivity contribution in [1.82, 2.24) is 19.6 Å². The maximum Gasteiger partial charge on any atom is 0.317 e. The van der Waals surface area contributed by atoms with Gasteiger partial charge in [0.15, 0.2) is 0 Å². The monoisotopic (exact) mass is 448 g/mol. The van der Waals surface area contributed by atoms with Crippen LogP contribution >= 0.6 is 0 Å². The molecule has 0 spiro atoms. The summed E-state index contributed by atoms with van der Waals surface area (Å²) < 4.78 is 0. The third kappa shape index (κ3) is 10.8. The van der Waals surface area contributed by atoms with E-state index < -0.39 is 43.3 Å². The molecule has 1 aliphatic rings. The van der Waals surface area contributed by atoms with E-state index in [1.54, 1.807) is 19.6 Å². The summed E-state index contributed by atoms with van der Waals surface area (Å²) in [6.45, 7) is -0.299. The van der Waals surface area contributed by atoms with E-state index in [0.29, 0.717) is 0 Å². The summed E-state index contributed by atoms with van der Waals surface area (Å²) in [5, 5.41) is 60.4. The number of carboxylic acid groups (broad SMARTS) is 3. The molecule has 13 nitrogen and oxygen atoms in total. The lowest BCUT2D eigenvalue weighted by atomic mass is 10.1. The van der Waals surface area contributed by atoms with Crippen LogP contribution in [0.1, 0.15) is 0 Å². The Morgan fingerprint density at radius 1 is 0.710 bits per heavy atom. The van der Waals surface area contributed by atoms with Gasteiger partial charge in [-0.1, -0.05) is 0 Å². The standard InChI is InChI=1S/C18H34N4O9/c23-12-14(15(25)13-24)22-7-5-20(10-17(28)29)3-1-19(9-16(26)27)2-4-21(6-8-22)11-18(30)31/h14-15,23-25H,1-13H2,(H,26,27)(H,28,29)(H,30,31)/p-2/t14?,15-/m1/s1. The molecule has 1 unspecified atom stereocenters. The van der Waals surface area contributed by atoms with Gasteiger partial charge in [0.1, 0.15) is 0 Å². The molecule has 0 amide bonds. The van der Waals surface area contributed by atoms with E-state index in [1.165, 1.54) is 0 Å². The van der Waals surface area contributed by atoms with Crippen molar-refractivity contribution in [3.63, 3.8) is 0 Å². The highest BCUT2D eigenvalue weighted by atomic mass is 16.4. The molecular weight excluding hydrogens is 416 g/mol. The third-order valence-electron chi connectivity index (χ3n) is 5.22. The van der Waals surface area contributed by atoms with Crippen molar-refractivity contribution in [3.8, 4) is 0 Å². The molecule has 1 fully saturated rings. The number of hydrogen-bond donors (Lipinski definition) is 4. The molecule has 0 radical (unpaired) electrons. The zero-order valence-corrected chi connectivity index (χ0v) is 17.5. The summed E-state index contributed by atoms with van der Waals surface area (Å²) in [5.74, 6) is -3.65. The van der Waals surface area contributed by atoms with Gasteiger partial charge in [0, 0.05) is 65.4 Å². The minimum absolute atomic E-state index is 0.209. The Morgan fingerprint density at radius 2 is 1.10 bits per heavy atom. The average molecular weight is 448 g/mol. The van der Waals surface area contributed by atoms with E-state index >= 15 is 0 Å². The molecule has 180 valence electrons. The van der Waals surface area contributed by atoms with Crippen molar-refractivity contribution in [1.29, 1.82) is 0 Å². The second-order valence-corrected chi connectivity index (χ2v) is 7.50. The van der Waals surface area contributed by atoms with Crippen LogP contribution in [0.3, 0.4) is 0 Å². The second-order valence-electron chi connectivity index (χ2n) is 7.50. The van der Waals surface area contributed by atoms with E-state index in [-0.39, 0.29) is 72.0 Å². The van der Waals surface area contributed by atoms with E-state index in [4.69, 9.17) is 0 Å². The van der Waals surface area contributed by atoms with Crippen molar-refractivity contribution in [3.05, 3.63) is 0 Å². The first-order valence-electron chi connectivity index (χ1n) is 10.1. The Labute approximate surface area is 180 Å². The van der Waals surface area contributed by atoms with Crippen LogP contribution in [0.25, 0.3) is 0 Å². The normalized spacial score (nSPS) is 21.0. The van der Waals surface area contributed by atoms with Gasteiger partial charge >= 0.3 is 5.97 Å². The highest BCUT2D eigenvalue weighted by Crippen LogP contribution is 2.08. The number of nitrogens with zero attached hydrogens (tertiary/aromatic N) is 4. The maximum absolute atomic E-state index is 11.2. The van der Waals surface area contributed by atoms with Gasteiger partial charge < -0.3 is 40.2 Å². The second kappa shape index (κ2) is 14.2. The molecule has 0 saturated carbocycles. The number of carbonyl (C=O) groups excluding carboxylic acids is 2. The quantitative estimate of drug-likeness (QED) is 0.247. The van der Waals surface area contributed by atoms with Gasteiger partial charge in [-0.05, 0) is 0 Å². The number of carbonyl (C=O) groups is 3. The van der Waals surface area contributed by atoms with Gasteiger partial charge in [-0.15, -0.1) is 0 Å². The fourth-order valence-corrected chi connectivity index (χ4v) is 3.52. The average Bonchev–Trinajstić information content (AvgIpc) is 2.68. The predicted octanol–water partition coefficient (Wildman–Crippen LogP) is -6.49. The van der Waals surface area contributed by atoms with Crippen LogP contribution in [0.2, 0.25) is 0 Å². The van der Waals surface area contributed by atoms with Gasteiger partial charge in [0.25, 0.3) is 0 Å². The third-order valence-corrected chi connectivity index (χ3v) is 5.22. The molecule has 1 heterocycles. The van der Waals surface area contributed by atoms with Gasteiger partial charge in [0.2, 0.25) is 0 Å². The van der Waals surface area contributed by atoms with E-state index in [2.05, 4.69) is 0 Å². The molecule has 0 aromatic rings. The largest absolute Gasteiger partial charge is 0.549 e. The highest BCUT2D eigenvalue weighted by Gasteiger charge is 2.27. The van der Waals surface area contributed by atoms with Crippen LogP contribution in [-0.2, 0) is 14.4 Å². The maximum atomic E-state index is 11.2. The molecule has 31 heavy (non-hydrogen) atoms. The summed E-state index contributed by atoms with van der Waals surface area (Å²) in [6.07, 6.45) is -1.24. The molecule has 0 aromatic carbocycles. The Morgan fingerprint density at radius 3 is 1.42 bits per heavy atom. The van der Waals surface area contributed by atoms with Crippen LogP contribution in [-0.4, -0.2) is 155 Å². The summed E-state index contributed by atoms with van der Waals surface area (Å²) >= 11 is 0. The van der Waals surface area contributed by atoms with E-state index in [1.807, 2.05) is 0 Å². The first-order valence-corrected chi connectivity index (χ1v) is 10.1. The molecule has 0 aliphatic carbocycles. The first-order chi connectivity index (χ1) is 14.7. The van der Waals surface area contributed by atoms with Crippen molar-refractivity contribution < 1.29 is 45.0 Å². The Bertz CT molecular complexity index is 548. The Balaban J connectivity index is 3.05. The lowest BCUT2D eigenvalue weighted by Gasteiger charge is -2.38. The number of aliphatic hydroxyl groups is 3. The number of aliphatic hydroxyl groups excluding tert-OH is 3. The molecular formula is C18H32N4O9-2. The molecule has 13 heteroatoms. The zero-order chi connectivity index (χ0) is 23.4. The molecule has 0 bridgehead atoms. The minimum Gasteiger partial charge on any atom is -0.549 e. The number of hydrogen-bond acceptors (Lipinski definition) is 12. The van der Waals surface area contributed by atoms with Crippen LogP contribution in [0.4, 0.5) is 0 Å². The predicted molar refractivity (Wildman–Crippen MR) is 103 cm³/mol. The summed E-state index contributed by atoms with van der Waals surface area (Å²) in [5.41, 5.74) is 0. The fraction of sp³-hybridized carbons (Fsp3) is 0.833. The lowest BCUT2D eigenvalue weighted by Crippen LogP contribution is -2.54. The van der Waals surface area contributed by atoms with Crippen LogP contribution in [0.5, 0.6) is 0 Å². The van der Waals surface area contributed by atoms with E-state index in [9.17, 15) is 45.0 Å². The summed E-state index contributed by atoms with van der Waals surface area (Å²) in [7, 11) is 0. The van der Waals surface area contributed by atoms with Crippen LogP contribution in [0.15, 0.2) is 0 Å². The molecule has 0 aromatic heterocycles. The van der Waals surface area contributed by atoms with Crippen LogP contribution in [0, 0.1) is 0 Å². The van der Waals surface area contributed by atoms with Gasteiger partial charge in [0.05, 0.1) is 43.8 Å². The SMILES string of the molecule is O=C([O-])CN1CCN(CC(=O)[O-])CCN(C(CO)[C@H](O)CO)CCN(CC(=O)O)CC1. The highest BCUT2D eigenvalue weighted by molar-refractivity contribution is 5.69. The Hall–Kier alpha value is -1.87. The number of rotatable bonds is 10. The van der Waals surface area contributed by atoms with Gasteiger partial charge in [-0.2, -0.15) is 0 Å². The molecule has 1 saturated heterocycles. The molecule has 1 rings (SSSR count). The van der Waals surface area contributed by atoms with Crippen molar-refractivity contribution in [2.75, 3.05) is 85.2 Å². The first kappa shape index (κ1) is 27.2. The van der Waals surface area contributed by atoms with Crippen molar-refractivity contribution in [2.24, 2.45) is 0 Å². The number of carboxylic acids is 3. The Kier molecular flexibility index (Phi) is 12.5. The minimum atomic E-state index is -1.30. The fourth-order valence-electron chi connectivity index (χ4n) is 3.52. The summed E-state index contributed by atoms with van der Waals surface area (Å²) in [6, 6.07) is -0.820. The molecule has 4 N–H and O–H groups in total. The topological polar surface area (TPSA) is 191 Å². The van der Waals surface area contributed by atoms with Crippen LogP contribution < -0.4 is 10.2 Å². The van der Waals surface area contributed by atoms with Crippen molar-refractivity contribution in [2.45, 2.75) is 12.1 Å². The molecule has 2 atom stereocenters. The summed E-state index contributed by atoms with van der Waals surface area (Å²) in [4.78, 5) is 39.8. The smallest absolute Gasteiger partial charge is 0.317 e. The lowest BCUT2D eigenvalue weighted by molar-refractivity contribution is -0.308. The van der Waals surface area contributed by atoms with E-state index in [0.717, 1.165) is 0 Å². The molecule has 1 aliphatic heterocycles. The van der Waals surface area contributed by atoms with Gasteiger partial charge in [-0.3, -0.25) is 24.4 Å².